The molecule has 0 saturated heterocycles. The van der Waals surface area contributed by atoms with Crippen LogP contribution in [0, 0.1) is 0 Å². The highest BCUT2D eigenvalue weighted by molar-refractivity contribution is 6.32. The zero-order valence-corrected chi connectivity index (χ0v) is 11.1. The van der Waals surface area contributed by atoms with Gasteiger partial charge in [-0.2, -0.15) is 0 Å². The lowest BCUT2D eigenvalue weighted by Crippen LogP contribution is -2.26. The summed E-state index contributed by atoms with van der Waals surface area (Å²) in [7, 11) is 1.69. The Morgan fingerprint density at radius 3 is 2.63 bits per heavy atom. The highest BCUT2D eigenvalue weighted by Gasteiger charge is 2.15. The molecule has 98 valence electrons. The van der Waals surface area contributed by atoms with Gasteiger partial charge in [-0.05, 0) is 29.8 Å². The summed E-state index contributed by atoms with van der Waals surface area (Å²) in [5.41, 5.74) is 1.30. The standard InChI is InChI=1S/C14H13ClN2O2/c1-17(9-10-4-6-11(18)7-5-10)14(19)12-3-2-8-16-13(12)15/h2-8,18H,9H2,1H3. The Morgan fingerprint density at radius 1 is 1.32 bits per heavy atom. The molecule has 0 spiro atoms. The van der Waals surface area contributed by atoms with Gasteiger partial charge in [-0.25, -0.2) is 4.98 Å². The Balaban J connectivity index is 2.12. The number of halogens is 1. The molecule has 1 amide bonds. The quantitative estimate of drug-likeness (QED) is 0.877. The van der Waals surface area contributed by atoms with Crippen LogP contribution in [0.4, 0.5) is 0 Å². The Morgan fingerprint density at radius 2 is 2.00 bits per heavy atom. The fourth-order valence-corrected chi connectivity index (χ4v) is 1.90. The number of pyridine rings is 1. The SMILES string of the molecule is CN(Cc1ccc(O)cc1)C(=O)c1cccnc1Cl. The fourth-order valence-electron chi connectivity index (χ4n) is 1.70. The second kappa shape index (κ2) is 5.71. The van der Waals surface area contributed by atoms with Crippen molar-refractivity contribution in [3.63, 3.8) is 0 Å². The van der Waals surface area contributed by atoms with Crippen molar-refractivity contribution in [2.75, 3.05) is 7.05 Å². The van der Waals surface area contributed by atoms with Gasteiger partial charge < -0.3 is 10.0 Å². The summed E-state index contributed by atoms with van der Waals surface area (Å²) in [4.78, 5) is 17.6. The average Bonchev–Trinajstić information content (AvgIpc) is 2.41. The first-order valence-corrected chi connectivity index (χ1v) is 6.09. The van der Waals surface area contributed by atoms with Crippen LogP contribution in [0.2, 0.25) is 5.15 Å². The Kier molecular flexibility index (Phi) is 4.02. The van der Waals surface area contributed by atoms with Gasteiger partial charge in [0.05, 0.1) is 5.56 Å². The molecule has 0 bridgehead atoms. The molecular formula is C14H13ClN2O2. The van der Waals surface area contributed by atoms with E-state index in [9.17, 15) is 9.90 Å². The molecule has 0 aliphatic carbocycles. The number of aromatic nitrogens is 1. The molecule has 0 saturated carbocycles. The van der Waals surface area contributed by atoms with Crippen LogP contribution in [0.1, 0.15) is 15.9 Å². The van der Waals surface area contributed by atoms with E-state index in [1.54, 1.807) is 54.5 Å². The molecule has 0 fully saturated rings. The number of phenolic OH excluding ortho intramolecular Hbond substituents is 1. The van der Waals surface area contributed by atoms with Crippen molar-refractivity contribution in [2.45, 2.75) is 6.54 Å². The molecule has 1 heterocycles. The van der Waals surface area contributed by atoms with E-state index >= 15 is 0 Å². The van der Waals surface area contributed by atoms with Gasteiger partial charge in [-0.15, -0.1) is 0 Å². The van der Waals surface area contributed by atoms with Crippen LogP contribution in [0.5, 0.6) is 5.75 Å². The maximum atomic E-state index is 12.2. The topological polar surface area (TPSA) is 53.4 Å². The number of hydrogen-bond donors (Lipinski definition) is 1. The van der Waals surface area contributed by atoms with Crippen LogP contribution in [0.3, 0.4) is 0 Å². The number of aromatic hydroxyl groups is 1. The van der Waals surface area contributed by atoms with E-state index in [2.05, 4.69) is 4.98 Å². The lowest BCUT2D eigenvalue weighted by atomic mass is 10.2. The zero-order chi connectivity index (χ0) is 13.8. The predicted octanol–water partition coefficient (Wildman–Crippen LogP) is 2.71. The maximum Gasteiger partial charge on any atom is 0.257 e. The van der Waals surface area contributed by atoms with Crippen LogP contribution in [-0.4, -0.2) is 27.9 Å². The van der Waals surface area contributed by atoms with Gasteiger partial charge >= 0.3 is 0 Å². The number of amides is 1. The number of nitrogens with zero attached hydrogens (tertiary/aromatic N) is 2. The van der Waals surface area contributed by atoms with E-state index in [0.717, 1.165) is 5.56 Å². The molecule has 0 unspecified atom stereocenters. The van der Waals surface area contributed by atoms with Crippen LogP contribution < -0.4 is 0 Å². The van der Waals surface area contributed by atoms with Gasteiger partial charge in [0.1, 0.15) is 10.9 Å². The Hall–Kier alpha value is -2.07. The number of hydrogen-bond acceptors (Lipinski definition) is 3. The van der Waals surface area contributed by atoms with Gasteiger partial charge in [0.25, 0.3) is 5.91 Å². The monoisotopic (exact) mass is 276 g/mol. The average molecular weight is 277 g/mol. The van der Waals surface area contributed by atoms with Crippen LogP contribution in [-0.2, 0) is 6.54 Å². The van der Waals surface area contributed by atoms with E-state index in [1.165, 1.54) is 0 Å². The molecule has 0 atom stereocenters. The second-order valence-corrected chi connectivity index (χ2v) is 4.53. The third kappa shape index (κ3) is 3.23. The molecular weight excluding hydrogens is 264 g/mol. The fraction of sp³-hybridized carbons (Fsp3) is 0.143. The minimum atomic E-state index is -0.189. The second-order valence-electron chi connectivity index (χ2n) is 4.17. The molecule has 0 radical (unpaired) electrons. The first kappa shape index (κ1) is 13.4. The van der Waals surface area contributed by atoms with Crippen molar-refractivity contribution in [3.05, 3.63) is 58.9 Å². The number of rotatable bonds is 3. The van der Waals surface area contributed by atoms with Crippen LogP contribution >= 0.6 is 11.6 Å². The first-order chi connectivity index (χ1) is 9.08. The summed E-state index contributed by atoms with van der Waals surface area (Å²) >= 11 is 5.90. The summed E-state index contributed by atoms with van der Waals surface area (Å²) < 4.78 is 0. The predicted molar refractivity (Wildman–Crippen MR) is 73.2 cm³/mol. The zero-order valence-electron chi connectivity index (χ0n) is 10.4. The van der Waals surface area contributed by atoms with Gasteiger partial charge in [-0.3, -0.25) is 4.79 Å². The smallest absolute Gasteiger partial charge is 0.257 e. The van der Waals surface area contributed by atoms with E-state index in [0.29, 0.717) is 12.1 Å². The number of phenols is 1. The van der Waals surface area contributed by atoms with Crippen molar-refractivity contribution >= 4 is 17.5 Å². The molecule has 0 aliphatic rings. The van der Waals surface area contributed by atoms with Crippen molar-refractivity contribution < 1.29 is 9.90 Å². The van der Waals surface area contributed by atoms with Gasteiger partial charge in [0.15, 0.2) is 0 Å². The number of carbonyl (C=O) groups is 1. The highest BCUT2D eigenvalue weighted by atomic mass is 35.5. The molecule has 5 heteroatoms. The summed E-state index contributed by atoms with van der Waals surface area (Å²) in [6.45, 7) is 0.435. The van der Waals surface area contributed by atoms with E-state index in [-0.39, 0.29) is 16.8 Å². The summed E-state index contributed by atoms with van der Waals surface area (Å²) in [5, 5.41) is 9.41. The molecule has 1 aromatic carbocycles. The van der Waals surface area contributed by atoms with E-state index in [1.807, 2.05) is 0 Å². The third-order valence-corrected chi connectivity index (χ3v) is 2.99. The van der Waals surface area contributed by atoms with Gasteiger partial charge in [0.2, 0.25) is 0 Å². The van der Waals surface area contributed by atoms with Crippen molar-refractivity contribution in [2.24, 2.45) is 0 Å². The minimum Gasteiger partial charge on any atom is -0.508 e. The Bertz CT molecular complexity index is 584. The number of carbonyl (C=O) groups excluding carboxylic acids is 1. The summed E-state index contributed by atoms with van der Waals surface area (Å²) in [5.74, 6) is 0.0132. The lowest BCUT2D eigenvalue weighted by molar-refractivity contribution is 0.0785. The molecule has 4 nitrogen and oxygen atoms in total. The van der Waals surface area contributed by atoms with Crippen LogP contribution in [0.25, 0.3) is 0 Å². The molecule has 1 aromatic heterocycles. The highest BCUT2D eigenvalue weighted by Crippen LogP contribution is 2.16. The van der Waals surface area contributed by atoms with Crippen molar-refractivity contribution in [1.29, 1.82) is 0 Å². The largest absolute Gasteiger partial charge is 0.508 e. The maximum absolute atomic E-state index is 12.2. The van der Waals surface area contributed by atoms with Crippen molar-refractivity contribution in [1.82, 2.24) is 9.88 Å². The third-order valence-electron chi connectivity index (χ3n) is 2.69. The lowest BCUT2D eigenvalue weighted by Gasteiger charge is -2.17. The van der Waals surface area contributed by atoms with Gasteiger partial charge in [-0.1, -0.05) is 23.7 Å². The van der Waals surface area contributed by atoms with Gasteiger partial charge in [0, 0.05) is 19.8 Å². The molecule has 19 heavy (non-hydrogen) atoms. The normalized spacial score (nSPS) is 10.2. The van der Waals surface area contributed by atoms with Crippen molar-refractivity contribution in [3.8, 4) is 5.75 Å². The molecule has 1 N–H and O–H groups in total. The van der Waals surface area contributed by atoms with E-state index in [4.69, 9.17) is 11.6 Å². The Labute approximate surface area is 116 Å². The van der Waals surface area contributed by atoms with Crippen LogP contribution in [0.15, 0.2) is 42.6 Å². The number of benzene rings is 1. The molecule has 0 aliphatic heterocycles. The molecule has 2 rings (SSSR count). The van der Waals surface area contributed by atoms with E-state index < -0.39 is 0 Å². The molecule has 2 aromatic rings. The summed E-state index contributed by atoms with van der Waals surface area (Å²) in [6, 6.07) is 10.0. The first-order valence-electron chi connectivity index (χ1n) is 5.72. The summed E-state index contributed by atoms with van der Waals surface area (Å²) in [6.07, 6.45) is 1.54. The minimum absolute atomic E-state index is 0.189.